The fourth-order valence-corrected chi connectivity index (χ4v) is 3.13. The van der Waals surface area contributed by atoms with Crippen LogP contribution < -0.4 is 10.2 Å². The first-order valence-corrected chi connectivity index (χ1v) is 9.92. The van der Waals surface area contributed by atoms with Gasteiger partial charge in [0.1, 0.15) is 0 Å². The minimum absolute atomic E-state index is 0.105. The largest absolute Gasteiger partial charge is 0.363 e. The Balaban J connectivity index is 1.69. The molecule has 0 spiro atoms. The van der Waals surface area contributed by atoms with Gasteiger partial charge in [-0.1, -0.05) is 48.0 Å². The van der Waals surface area contributed by atoms with Crippen LogP contribution in [0.3, 0.4) is 0 Å². The predicted molar refractivity (Wildman–Crippen MR) is 119 cm³/mol. The summed E-state index contributed by atoms with van der Waals surface area (Å²) in [7, 11) is 0. The number of benzene rings is 2. The average Bonchev–Trinajstić information content (AvgIpc) is 2.77. The van der Waals surface area contributed by atoms with E-state index in [-0.39, 0.29) is 5.91 Å². The van der Waals surface area contributed by atoms with Crippen molar-refractivity contribution < 1.29 is 4.79 Å². The zero-order valence-electron chi connectivity index (χ0n) is 16.4. The van der Waals surface area contributed by atoms with Crippen LogP contribution in [0.15, 0.2) is 85.2 Å². The van der Waals surface area contributed by atoms with E-state index in [9.17, 15) is 4.79 Å². The number of halogens is 1. The Hall–Kier alpha value is -3.11. The van der Waals surface area contributed by atoms with Crippen LogP contribution in [0.25, 0.3) is 0 Å². The molecule has 0 aliphatic heterocycles. The maximum atomic E-state index is 12.4. The van der Waals surface area contributed by atoms with Crippen LogP contribution in [0.2, 0.25) is 5.02 Å². The van der Waals surface area contributed by atoms with E-state index in [1.165, 1.54) is 0 Å². The van der Waals surface area contributed by atoms with Crippen molar-refractivity contribution in [1.29, 1.82) is 0 Å². The molecule has 5 heteroatoms. The smallest absolute Gasteiger partial charge is 0.251 e. The van der Waals surface area contributed by atoms with Crippen molar-refractivity contribution in [2.75, 3.05) is 11.4 Å². The Labute approximate surface area is 176 Å². The lowest BCUT2D eigenvalue weighted by molar-refractivity contribution is 0.0951. The molecular weight excluding hydrogens is 382 g/mol. The zero-order valence-corrected chi connectivity index (χ0v) is 17.1. The van der Waals surface area contributed by atoms with Crippen LogP contribution in [0.4, 0.5) is 5.69 Å². The third-order valence-corrected chi connectivity index (χ3v) is 4.92. The summed E-state index contributed by atoms with van der Waals surface area (Å²) in [5.74, 6) is -0.105. The Morgan fingerprint density at radius 2 is 1.90 bits per heavy atom. The number of anilines is 1. The second-order valence-corrected chi connectivity index (χ2v) is 7.04. The normalized spacial score (nSPS) is 10.8. The number of pyridine rings is 1. The first kappa shape index (κ1) is 20.6. The number of hydrogen-bond acceptors (Lipinski definition) is 3. The molecule has 0 fully saturated rings. The number of nitrogens with one attached hydrogen (secondary N) is 1. The molecule has 148 valence electrons. The summed E-state index contributed by atoms with van der Waals surface area (Å²) in [6, 6.07) is 19.3. The zero-order chi connectivity index (χ0) is 20.5. The molecule has 0 unspecified atom stereocenters. The number of nitrogens with zero attached hydrogens (tertiary/aromatic N) is 2. The van der Waals surface area contributed by atoms with Gasteiger partial charge in [0.15, 0.2) is 0 Å². The predicted octanol–water partition coefficient (Wildman–Crippen LogP) is 5.25. The highest BCUT2D eigenvalue weighted by Gasteiger charge is 2.10. The minimum atomic E-state index is -0.105. The van der Waals surface area contributed by atoms with Crippen LogP contribution in [-0.4, -0.2) is 17.4 Å². The lowest BCUT2D eigenvalue weighted by atomic mass is 10.1. The molecule has 0 radical (unpaired) electrons. The third-order valence-electron chi connectivity index (χ3n) is 4.55. The Bertz CT molecular complexity index is 955. The SMILES string of the molecule is C/C=C/CN(Cc1ccccc1Cl)c1ccc(C(=O)NCc2cccnc2)cc1. The van der Waals surface area contributed by atoms with Gasteiger partial charge < -0.3 is 10.2 Å². The molecule has 3 aromatic rings. The summed E-state index contributed by atoms with van der Waals surface area (Å²) in [6.07, 6.45) is 7.59. The molecule has 0 aliphatic carbocycles. The second-order valence-electron chi connectivity index (χ2n) is 6.63. The Kier molecular flexibility index (Phi) is 7.42. The van der Waals surface area contributed by atoms with Crippen molar-refractivity contribution in [2.24, 2.45) is 0 Å². The van der Waals surface area contributed by atoms with Crippen molar-refractivity contribution in [3.63, 3.8) is 0 Å². The lowest BCUT2D eigenvalue weighted by Crippen LogP contribution is -2.24. The number of carbonyl (C=O) groups is 1. The van der Waals surface area contributed by atoms with Gasteiger partial charge in [0, 0.05) is 48.3 Å². The molecule has 0 saturated heterocycles. The van der Waals surface area contributed by atoms with Crippen molar-refractivity contribution in [1.82, 2.24) is 10.3 Å². The van der Waals surface area contributed by atoms with E-state index >= 15 is 0 Å². The van der Waals surface area contributed by atoms with Crippen LogP contribution in [0, 0.1) is 0 Å². The molecule has 0 atom stereocenters. The van der Waals surface area contributed by atoms with E-state index in [1.54, 1.807) is 12.4 Å². The first-order chi connectivity index (χ1) is 14.2. The summed E-state index contributed by atoms with van der Waals surface area (Å²) in [6.45, 7) is 3.91. The summed E-state index contributed by atoms with van der Waals surface area (Å²) >= 11 is 6.34. The topological polar surface area (TPSA) is 45.2 Å². The lowest BCUT2D eigenvalue weighted by Gasteiger charge is -2.24. The molecule has 0 bridgehead atoms. The molecule has 1 amide bonds. The summed E-state index contributed by atoms with van der Waals surface area (Å²) < 4.78 is 0. The fraction of sp³-hybridized carbons (Fsp3) is 0.167. The highest BCUT2D eigenvalue weighted by Crippen LogP contribution is 2.22. The van der Waals surface area contributed by atoms with Crippen LogP contribution >= 0.6 is 11.6 Å². The minimum Gasteiger partial charge on any atom is -0.363 e. The monoisotopic (exact) mass is 405 g/mol. The molecule has 1 aromatic heterocycles. The summed E-state index contributed by atoms with van der Waals surface area (Å²) in [5, 5.41) is 3.68. The van der Waals surface area contributed by atoms with Crippen molar-refractivity contribution in [3.8, 4) is 0 Å². The molecule has 4 nitrogen and oxygen atoms in total. The molecular formula is C24H24ClN3O. The van der Waals surface area contributed by atoms with Gasteiger partial charge in [-0.05, 0) is 54.4 Å². The first-order valence-electron chi connectivity index (χ1n) is 9.54. The number of hydrogen-bond donors (Lipinski definition) is 1. The van der Waals surface area contributed by atoms with Gasteiger partial charge in [-0.3, -0.25) is 9.78 Å². The molecule has 1 N–H and O–H groups in total. The third kappa shape index (κ3) is 5.93. The van der Waals surface area contributed by atoms with Gasteiger partial charge in [-0.2, -0.15) is 0 Å². The van der Waals surface area contributed by atoms with Gasteiger partial charge >= 0.3 is 0 Å². The standard InChI is InChI=1S/C24H24ClN3O/c1-2-3-15-28(18-21-8-4-5-9-23(21)25)22-12-10-20(11-13-22)24(29)27-17-19-7-6-14-26-16-19/h2-14,16H,15,17-18H2,1H3,(H,27,29)/b3-2+. The van der Waals surface area contributed by atoms with Crippen LogP contribution in [0.1, 0.15) is 28.4 Å². The van der Waals surface area contributed by atoms with Gasteiger partial charge in [0.25, 0.3) is 5.91 Å². The van der Waals surface area contributed by atoms with Gasteiger partial charge in [0.05, 0.1) is 0 Å². The maximum Gasteiger partial charge on any atom is 0.251 e. The Morgan fingerprint density at radius 3 is 2.59 bits per heavy atom. The molecule has 1 heterocycles. The highest BCUT2D eigenvalue weighted by atomic mass is 35.5. The Morgan fingerprint density at radius 1 is 1.10 bits per heavy atom. The van der Waals surface area contributed by atoms with Gasteiger partial charge in [-0.15, -0.1) is 0 Å². The number of carbonyl (C=O) groups excluding carboxylic acids is 1. The summed E-state index contributed by atoms with van der Waals surface area (Å²) in [4.78, 5) is 18.7. The molecule has 0 saturated carbocycles. The number of aromatic nitrogens is 1. The van der Waals surface area contributed by atoms with Crippen molar-refractivity contribution in [3.05, 3.63) is 107 Å². The maximum absolute atomic E-state index is 12.4. The van der Waals surface area contributed by atoms with E-state index in [1.807, 2.05) is 73.7 Å². The molecule has 29 heavy (non-hydrogen) atoms. The van der Waals surface area contributed by atoms with E-state index < -0.39 is 0 Å². The van der Waals surface area contributed by atoms with E-state index in [0.29, 0.717) is 18.7 Å². The van der Waals surface area contributed by atoms with Crippen molar-refractivity contribution in [2.45, 2.75) is 20.0 Å². The van der Waals surface area contributed by atoms with E-state index in [4.69, 9.17) is 11.6 Å². The second kappa shape index (κ2) is 10.4. The van der Waals surface area contributed by atoms with E-state index in [0.717, 1.165) is 28.4 Å². The van der Waals surface area contributed by atoms with Gasteiger partial charge in [0.2, 0.25) is 0 Å². The molecule has 0 aliphatic rings. The summed E-state index contributed by atoms with van der Waals surface area (Å²) in [5.41, 5.74) is 3.69. The fourth-order valence-electron chi connectivity index (χ4n) is 2.94. The van der Waals surface area contributed by atoms with Crippen LogP contribution in [-0.2, 0) is 13.1 Å². The number of allylic oxidation sites excluding steroid dienone is 1. The van der Waals surface area contributed by atoms with Crippen molar-refractivity contribution >= 4 is 23.2 Å². The van der Waals surface area contributed by atoms with Gasteiger partial charge in [-0.25, -0.2) is 0 Å². The highest BCUT2D eigenvalue weighted by molar-refractivity contribution is 6.31. The molecule has 2 aromatic carbocycles. The average molecular weight is 406 g/mol. The quantitative estimate of drug-likeness (QED) is 0.521. The molecule has 3 rings (SSSR count). The van der Waals surface area contributed by atoms with Crippen LogP contribution in [0.5, 0.6) is 0 Å². The van der Waals surface area contributed by atoms with E-state index in [2.05, 4.69) is 21.3 Å². The number of rotatable bonds is 8. The number of amides is 1.